The average molecular weight is 269 g/mol. The predicted molar refractivity (Wildman–Crippen MR) is 72.5 cm³/mol. The number of nitrogens with two attached hydrogens (primary N) is 1. The van der Waals surface area contributed by atoms with E-state index in [0.29, 0.717) is 19.8 Å². The molecule has 0 saturated carbocycles. The fourth-order valence-electron chi connectivity index (χ4n) is 1.42. The van der Waals surface area contributed by atoms with Crippen LogP contribution in [0.5, 0.6) is 0 Å². The van der Waals surface area contributed by atoms with Crippen LogP contribution in [0.2, 0.25) is 0 Å². The predicted octanol–water partition coefficient (Wildman–Crippen LogP) is 0.716. The third-order valence-electron chi connectivity index (χ3n) is 2.47. The maximum Gasteiger partial charge on any atom is 0.253 e. The first-order valence-electron chi connectivity index (χ1n) is 6.06. The molecular weight excluding hydrogens is 249 g/mol. The highest BCUT2D eigenvalue weighted by molar-refractivity contribution is 5.99. The Morgan fingerprint density at radius 2 is 2.16 bits per heavy atom. The summed E-state index contributed by atoms with van der Waals surface area (Å²) < 4.78 is 18.2. The van der Waals surface area contributed by atoms with Gasteiger partial charge in [0.1, 0.15) is 5.82 Å². The maximum absolute atomic E-state index is 12.8. The quantitative estimate of drug-likeness (QED) is 0.565. The number of amides is 1. The van der Waals surface area contributed by atoms with Crippen molar-refractivity contribution in [3.63, 3.8) is 0 Å². The second-order valence-electron chi connectivity index (χ2n) is 4.40. The van der Waals surface area contributed by atoms with Crippen molar-refractivity contribution in [2.24, 2.45) is 0 Å². The highest BCUT2D eigenvalue weighted by Crippen LogP contribution is 2.12. The molecule has 0 heterocycles. The van der Waals surface area contributed by atoms with E-state index in [-0.39, 0.29) is 17.2 Å². The number of nitrogen functional groups attached to an aromatic ring is 1. The normalized spacial score (nSPS) is 10.7. The molecule has 0 spiro atoms. The lowest BCUT2D eigenvalue weighted by molar-refractivity contribution is 0.0901. The molecule has 0 radical (unpaired) electrons. The largest absolute Gasteiger partial charge is 0.398 e. The van der Waals surface area contributed by atoms with Crippen LogP contribution in [0.15, 0.2) is 18.2 Å². The molecule has 0 aliphatic carbocycles. The minimum Gasteiger partial charge on any atom is -0.398 e. The van der Waals surface area contributed by atoms with Crippen LogP contribution in [0.3, 0.4) is 0 Å². The number of benzene rings is 1. The van der Waals surface area contributed by atoms with Gasteiger partial charge < -0.3 is 20.7 Å². The number of carbonyl (C=O) groups is 1. The maximum atomic E-state index is 12.8. The highest BCUT2D eigenvalue weighted by Gasteiger charge is 2.09. The van der Waals surface area contributed by atoms with Crippen LogP contribution >= 0.6 is 0 Å². The van der Waals surface area contributed by atoms with E-state index in [2.05, 4.69) is 5.32 Å². The lowest BCUT2D eigenvalue weighted by Gasteiger charge is -2.10. The highest BCUT2D eigenvalue weighted by atomic mass is 19.1. The molecule has 0 aliphatic rings. The van der Waals surface area contributed by atoms with Gasteiger partial charge in [-0.15, -0.1) is 0 Å². The number of nitrogens with zero attached hydrogens (tertiary/aromatic N) is 1. The van der Waals surface area contributed by atoms with Gasteiger partial charge in [-0.05, 0) is 32.3 Å². The monoisotopic (exact) mass is 269 g/mol. The van der Waals surface area contributed by atoms with Gasteiger partial charge in [0.2, 0.25) is 0 Å². The second-order valence-corrected chi connectivity index (χ2v) is 4.40. The van der Waals surface area contributed by atoms with E-state index in [4.69, 9.17) is 10.5 Å². The van der Waals surface area contributed by atoms with Crippen LogP contribution in [0.4, 0.5) is 10.1 Å². The molecule has 6 heteroatoms. The zero-order chi connectivity index (χ0) is 14.3. The van der Waals surface area contributed by atoms with Crippen LogP contribution in [-0.4, -0.2) is 51.2 Å². The van der Waals surface area contributed by atoms with Crippen molar-refractivity contribution in [1.29, 1.82) is 0 Å². The van der Waals surface area contributed by atoms with Gasteiger partial charge in [0.05, 0.1) is 18.8 Å². The van der Waals surface area contributed by atoms with E-state index in [9.17, 15) is 9.18 Å². The first kappa shape index (κ1) is 15.4. The molecule has 0 aliphatic heterocycles. The molecule has 3 N–H and O–H groups in total. The Balaban J connectivity index is 2.28. The molecular formula is C13H20FN3O2. The molecule has 0 fully saturated rings. The smallest absolute Gasteiger partial charge is 0.253 e. The van der Waals surface area contributed by atoms with E-state index in [1.54, 1.807) is 0 Å². The minimum absolute atomic E-state index is 0.131. The standard InChI is InChI=1S/C13H20FN3O2/c1-17(2)6-8-19-7-5-16-13(18)11-4-3-10(14)9-12(11)15/h3-4,9H,5-8,15H2,1-2H3,(H,16,18). The van der Waals surface area contributed by atoms with Crippen molar-refractivity contribution in [2.75, 3.05) is 46.1 Å². The molecule has 1 aromatic carbocycles. The van der Waals surface area contributed by atoms with Gasteiger partial charge in [-0.1, -0.05) is 0 Å². The van der Waals surface area contributed by atoms with Crippen molar-refractivity contribution in [3.8, 4) is 0 Å². The Hall–Kier alpha value is -1.66. The Morgan fingerprint density at radius 1 is 1.42 bits per heavy atom. The summed E-state index contributed by atoms with van der Waals surface area (Å²) in [5, 5.41) is 2.67. The van der Waals surface area contributed by atoms with Gasteiger partial charge in [0, 0.05) is 18.8 Å². The van der Waals surface area contributed by atoms with E-state index < -0.39 is 5.82 Å². The van der Waals surface area contributed by atoms with Crippen LogP contribution in [0, 0.1) is 5.82 Å². The molecule has 106 valence electrons. The summed E-state index contributed by atoms with van der Waals surface area (Å²) in [7, 11) is 3.92. The fraction of sp³-hybridized carbons (Fsp3) is 0.462. The number of carbonyl (C=O) groups excluding carboxylic acids is 1. The number of hydrogen-bond acceptors (Lipinski definition) is 4. The Kier molecular flexibility index (Phi) is 6.24. The molecule has 1 amide bonds. The summed E-state index contributed by atoms with van der Waals surface area (Å²) >= 11 is 0. The lowest BCUT2D eigenvalue weighted by Crippen LogP contribution is -2.29. The van der Waals surface area contributed by atoms with E-state index in [0.717, 1.165) is 12.6 Å². The number of likely N-dealkylation sites (N-methyl/N-ethyl adjacent to an activating group) is 1. The molecule has 0 atom stereocenters. The molecule has 1 aromatic rings. The Morgan fingerprint density at radius 3 is 2.79 bits per heavy atom. The third-order valence-corrected chi connectivity index (χ3v) is 2.47. The summed E-state index contributed by atoms with van der Waals surface area (Å²) in [6.45, 7) is 2.27. The number of hydrogen-bond donors (Lipinski definition) is 2. The number of halogens is 1. The summed E-state index contributed by atoms with van der Waals surface area (Å²) in [5.41, 5.74) is 5.97. The Labute approximate surface area is 112 Å². The second kappa shape index (κ2) is 7.70. The third kappa shape index (κ3) is 5.67. The number of rotatable bonds is 7. The topological polar surface area (TPSA) is 67.6 Å². The van der Waals surface area contributed by atoms with Gasteiger partial charge in [-0.25, -0.2) is 4.39 Å². The molecule has 19 heavy (non-hydrogen) atoms. The van der Waals surface area contributed by atoms with Crippen molar-refractivity contribution in [1.82, 2.24) is 10.2 Å². The number of ether oxygens (including phenoxy) is 1. The molecule has 0 aromatic heterocycles. The first-order chi connectivity index (χ1) is 9.00. The van der Waals surface area contributed by atoms with Crippen molar-refractivity contribution < 1.29 is 13.9 Å². The van der Waals surface area contributed by atoms with Crippen molar-refractivity contribution in [2.45, 2.75) is 0 Å². The fourth-order valence-corrected chi connectivity index (χ4v) is 1.42. The van der Waals surface area contributed by atoms with Gasteiger partial charge in [0.15, 0.2) is 0 Å². The van der Waals surface area contributed by atoms with Gasteiger partial charge >= 0.3 is 0 Å². The zero-order valence-electron chi connectivity index (χ0n) is 11.3. The van der Waals surface area contributed by atoms with Crippen molar-refractivity contribution in [3.05, 3.63) is 29.6 Å². The van der Waals surface area contributed by atoms with E-state index >= 15 is 0 Å². The number of anilines is 1. The summed E-state index contributed by atoms with van der Waals surface area (Å²) in [4.78, 5) is 13.8. The molecule has 0 unspecified atom stereocenters. The molecule has 1 rings (SSSR count). The minimum atomic E-state index is -0.457. The van der Waals surface area contributed by atoms with Crippen LogP contribution in [0.1, 0.15) is 10.4 Å². The number of nitrogens with one attached hydrogen (secondary N) is 1. The van der Waals surface area contributed by atoms with Gasteiger partial charge in [0.25, 0.3) is 5.91 Å². The SMILES string of the molecule is CN(C)CCOCCNC(=O)c1ccc(F)cc1N. The van der Waals surface area contributed by atoms with Crippen LogP contribution in [0.25, 0.3) is 0 Å². The van der Waals surface area contributed by atoms with E-state index in [1.807, 2.05) is 19.0 Å². The average Bonchev–Trinajstić information content (AvgIpc) is 2.32. The molecule has 5 nitrogen and oxygen atoms in total. The molecule has 0 saturated heterocycles. The van der Waals surface area contributed by atoms with Crippen LogP contribution < -0.4 is 11.1 Å². The summed E-state index contributed by atoms with van der Waals surface area (Å²) in [6.07, 6.45) is 0. The summed E-state index contributed by atoms with van der Waals surface area (Å²) in [5.74, 6) is -0.783. The van der Waals surface area contributed by atoms with Gasteiger partial charge in [-0.2, -0.15) is 0 Å². The molecule has 0 bridgehead atoms. The lowest BCUT2D eigenvalue weighted by atomic mass is 10.1. The zero-order valence-corrected chi connectivity index (χ0v) is 11.3. The van der Waals surface area contributed by atoms with Crippen molar-refractivity contribution >= 4 is 11.6 Å². The van der Waals surface area contributed by atoms with Gasteiger partial charge in [-0.3, -0.25) is 4.79 Å². The first-order valence-corrected chi connectivity index (χ1v) is 6.06. The summed E-state index contributed by atoms with van der Waals surface area (Å²) in [6, 6.07) is 3.70. The Bertz CT molecular complexity index is 424. The van der Waals surface area contributed by atoms with Crippen LogP contribution in [-0.2, 0) is 4.74 Å². The van der Waals surface area contributed by atoms with E-state index in [1.165, 1.54) is 12.1 Å².